The standard InChI is InChI=1S/C38H32ClFN2O4S/c1-4-45-37(44)33-34(25-10-6-5-7-11-25)41-38-42(35(33)26-16-14-24(15-17-26)23(2)3)36(43)32(47-38)21-28-20-29(39)18-19-31(28)46-22-27-12-8-9-13-30(27)40/h5-21,23,35H,4,22H2,1-3H3/b32-21-/t35-/m0/s1. The number of thiazole rings is 1. The van der Waals surface area contributed by atoms with Gasteiger partial charge in [-0.25, -0.2) is 14.2 Å². The first-order valence-corrected chi connectivity index (χ1v) is 16.5. The van der Waals surface area contributed by atoms with Crippen LogP contribution in [0.25, 0.3) is 11.8 Å². The number of ether oxygens (including phenoxy) is 2. The van der Waals surface area contributed by atoms with Gasteiger partial charge in [-0.3, -0.25) is 9.36 Å². The van der Waals surface area contributed by atoms with E-state index in [0.29, 0.717) is 42.8 Å². The first kappa shape index (κ1) is 32.2. The lowest BCUT2D eigenvalue weighted by Gasteiger charge is -2.26. The van der Waals surface area contributed by atoms with Crippen LogP contribution in [0.5, 0.6) is 5.75 Å². The van der Waals surface area contributed by atoms with Gasteiger partial charge in [-0.05, 0) is 54.3 Å². The highest BCUT2D eigenvalue weighted by atomic mass is 35.5. The Morgan fingerprint density at radius 1 is 1.02 bits per heavy atom. The Balaban J connectivity index is 1.54. The second kappa shape index (κ2) is 13.9. The fourth-order valence-corrected chi connectivity index (χ4v) is 6.67. The highest BCUT2D eigenvalue weighted by Gasteiger charge is 2.35. The molecule has 1 atom stereocenters. The van der Waals surface area contributed by atoms with Crippen LogP contribution in [0.4, 0.5) is 4.39 Å². The van der Waals surface area contributed by atoms with E-state index in [1.165, 1.54) is 17.4 Å². The first-order valence-electron chi connectivity index (χ1n) is 15.3. The Kier molecular flexibility index (Phi) is 9.52. The zero-order chi connectivity index (χ0) is 33.1. The van der Waals surface area contributed by atoms with Crippen LogP contribution >= 0.6 is 22.9 Å². The molecule has 6 nitrogen and oxygen atoms in total. The number of halogens is 2. The van der Waals surface area contributed by atoms with Gasteiger partial charge >= 0.3 is 5.97 Å². The maximum Gasteiger partial charge on any atom is 0.338 e. The third-order valence-electron chi connectivity index (χ3n) is 7.89. The number of rotatable bonds is 9. The summed E-state index contributed by atoms with van der Waals surface area (Å²) < 4.78 is 27.8. The largest absolute Gasteiger partial charge is 0.488 e. The van der Waals surface area contributed by atoms with Crippen molar-refractivity contribution in [1.82, 2.24) is 4.57 Å². The molecule has 0 aliphatic carbocycles. The van der Waals surface area contributed by atoms with E-state index in [4.69, 9.17) is 26.1 Å². The Hall–Kier alpha value is -4.79. The number of nitrogens with zero attached hydrogens (tertiary/aromatic N) is 2. The molecule has 0 saturated heterocycles. The summed E-state index contributed by atoms with van der Waals surface area (Å²) in [6, 6.07) is 28.0. The number of benzene rings is 4. The van der Waals surface area contributed by atoms with Crippen molar-refractivity contribution < 1.29 is 18.7 Å². The van der Waals surface area contributed by atoms with E-state index in [-0.39, 0.29) is 30.2 Å². The summed E-state index contributed by atoms with van der Waals surface area (Å²) in [6.07, 6.45) is 1.70. The van der Waals surface area contributed by atoms with Crippen molar-refractivity contribution in [3.8, 4) is 5.75 Å². The molecule has 1 aliphatic heterocycles. The van der Waals surface area contributed by atoms with Crippen LogP contribution in [0.15, 0.2) is 112 Å². The van der Waals surface area contributed by atoms with Gasteiger partial charge < -0.3 is 9.47 Å². The molecule has 0 saturated carbocycles. The number of hydrogen-bond acceptors (Lipinski definition) is 6. The maximum atomic E-state index is 14.4. The quantitative estimate of drug-likeness (QED) is 0.154. The molecule has 4 aromatic carbocycles. The minimum Gasteiger partial charge on any atom is -0.488 e. The van der Waals surface area contributed by atoms with Gasteiger partial charge in [0.2, 0.25) is 0 Å². The Labute approximate surface area is 280 Å². The van der Waals surface area contributed by atoms with Gasteiger partial charge in [0.15, 0.2) is 4.80 Å². The van der Waals surface area contributed by atoms with Crippen molar-refractivity contribution in [3.63, 3.8) is 0 Å². The van der Waals surface area contributed by atoms with Crippen LogP contribution in [0.3, 0.4) is 0 Å². The van der Waals surface area contributed by atoms with Crippen LogP contribution in [-0.4, -0.2) is 17.1 Å². The number of esters is 1. The molecule has 238 valence electrons. The van der Waals surface area contributed by atoms with Crippen LogP contribution < -0.4 is 19.6 Å². The van der Waals surface area contributed by atoms with E-state index < -0.39 is 12.0 Å². The summed E-state index contributed by atoms with van der Waals surface area (Å²) in [6.45, 7) is 6.13. The predicted molar refractivity (Wildman–Crippen MR) is 184 cm³/mol. The van der Waals surface area contributed by atoms with Gasteiger partial charge in [-0.2, -0.15) is 0 Å². The van der Waals surface area contributed by atoms with Crippen molar-refractivity contribution in [2.45, 2.75) is 39.3 Å². The van der Waals surface area contributed by atoms with Gasteiger partial charge in [-0.15, -0.1) is 0 Å². The molecule has 0 fully saturated rings. The SMILES string of the molecule is CCOC(=O)C1=C(c2ccccc2)N=c2s/c(=C\c3cc(Cl)ccc3OCc3ccccc3F)c(=O)n2[C@H]1c1ccc(C(C)C)cc1. The van der Waals surface area contributed by atoms with Gasteiger partial charge in [0.1, 0.15) is 18.2 Å². The molecule has 1 aliphatic rings. The molecule has 47 heavy (non-hydrogen) atoms. The molecule has 2 heterocycles. The maximum absolute atomic E-state index is 14.4. The van der Waals surface area contributed by atoms with Gasteiger partial charge in [-0.1, -0.05) is 110 Å². The van der Waals surface area contributed by atoms with Crippen molar-refractivity contribution in [2.24, 2.45) is 4.99 Å². The zero-order valence-electron chi connectivity index (χ0n) is 26.1. The Morgan fingerprint density at radius 2 is 1.74 bits per heavy atom. The summed E-state index contributed by atoms with van der Waals surface area (Å²) in [5.41, 5.74) is 3.97. The molecular formula is C38H32ClFN2O4S. The smallest absolute Gasteiger partial charge is 0.338 e. The van der Waals surface area contributed by atoms with E-state index in [2.05, 4.69) is 13.8 Å². The molecule has 0 unspecified atom stereocenters. The van der Waals surface area contributed by atoms with Crippen LogP contribution in [0.1, 0.15) is 60.5 Å². The Morgan fingerprint density at radius 3 is 2.45 bits per heavy atom. The lowest BCUT2D eigenvalue weighted by molar-refractivity contribution is -0.138. The molecular weight excluding hydrogens is 635 g/mol. The topological polar surface area (TPSA) is 69.9 Å². The molecule has 9 heteroatoms. The third-order valence-corrected chi connectivity index (χ3v) is 9.11. The summed E-state index contributed by atoms with van der Waals surface area (Å²) in [4.78, 5) is 33.4. The number of carbonyl (C=O) groups excluding carboxylic acids is 1. The number of fused-ring (bicyclic) bond motifs is 1. The number of aromatic nitrogens is 1. The van der Waals surface area contributed by atoms with Crippen molar-refractivity contribution in [1.29, 1.82) is 0 Å². The van der Waals surface area contributed by atoms with Crippen LogP contribution in [0, 0.1) is 5.82 Å². The molecule has 0 N–H and O–H groups in total. The average Bonchev–Trinajstić information content (AvgIpc) is 3.38. The lowest BCUT2D eigenvalue weighted by atomic mass is 9.91. The predicted octanol–water partition coefficient (Wildman–Crippen LogP) is 7.43. The van der Waals surface area contributed by atoms with E-state index in [1.807, 2.05) is 54.6 Å². The van der Waals surface area contributed by atoms with Crippen molar-refractivity contribution in [3.05, 3.63) is 161 Å². The monoisotopic (exact) mass is 666 g/mol. The normalized spacial score (nSPS) is 14.6. The zero-order valence-corrected chi connectivity index (χ0v) is 27.6. The molecule has 1 aromatic heterocycles. The summed E-state index contributed by atoms with van der Waals surface area (Å²) in [5, 5.41) is 0.446. The van der Waals surface area contributed by atoms with Gasteiger partial charge in [0, 0.05) is 21.7 Å². The van der Waals surface area contributed by atoms with E-state index in [1.54, 1.807) is 54.0 Å². The fraction of sp³-hybridized carbons (Fsp3) is 0.184. The molecule has 0 bridgehead atoms. The molecule has 6 rings (SSSR count). The number of carbonyl (C=O) groups is 1. The summed E-state index contributed by atoms with van der Waals surface area (Å²) in [7, 11) is 0. The molecule has 5 aromatic rings. The number of hydrogen-bond donors (Lipinski definition) is 0. The molecule has 0 spiro atoms. The Bertz CT molecular complexity index is 2150. The van der Waals surface area contributed by atoms with E-state index in [0.717, 1.165) is 16.7 Å². The highest BCUT2D eigenvalue weighted by molar-refractivity contribution is 7.07. The first-order chi connectivity index (χ1) is 22.7. The van der Waals surface area contributed by atoms with Crippen molar-refractivity contribution in [2.75, 3.05) is 6.61 Å². The fourth-order valence-electron chi connectivity index (χ4n) is 5.49. The van der Waals surface area contributed by atoms with Crippen LogP contribution in [-0.2, 0) is 16.1 Å². The van der Waals surface area contributed by atoms with Gasteiger partial charge in [0.25, 0.3) is 5.56 Å². The minimum atomic E-state index is -0.792. The molecule has 0 radical (unpaired) electrons. The van der Waals surface area contributed by atoms with Crippen molar-refractivity contribution >= 4 is 40.7 Å². The highest BCUT2D eigenvalue weighted by Crippen LogP contribution is 2.36. The average molecular weight is 667 g/mol. The lowest BCUT2D eigenvalue weighted by Crippen LogP contribution is -2.40. The third kappa shape index (κ3) is 6.70. The second-order valence-electron chi connectivity index (χ2n) is 11.3. The van der Waals surface area contributed by atoms with Gasteiger partial charge in [0.05, 0.1) is 28.5 Å². The van der Waals surface area contributed by atoms with E-state index in [9.17, 15) is 14.0 Å². The second-order valence-corrected chi connectivity index (χ2v) is 12.8. The minimum absolute atomic E-state index is 0.00783. The summed E-state index contributed by atoms with van der Waals surface area (Å²) in [5.74, 6) is -0.176. The summed E-state index contributed by atoms with van der Waals surface area (Å²) >= 11 is 7.59. The van der Waals surface area contributed by atoms with E-state index >= 15 is 0 Å². The van der Waals surface area contributed by atoms with Crippen LogP contribution in [0.2, 0.25) is 5.02 Å². The molecule has 0 amide bonds.